The van der Waals surface area contributed by atoms with Gasteiger partial charge in [-0.3, -0.25) is 0 Å². The van der Waals surface area contributed by atoms with E-state index in [-0.39, 0.29) is 5.56 Å². The molecule has 0 spiro atoms. The zero-order valence-electron chi connectivity index (χ0n) is 10.2. The molecule has 0 radical (unpaired) electrons. The molecule has 1 N–H and O–H groups in total. The predicted octanol–water partition coefficient (Wildman–Crippen LogP) is 2.09. The Hall–Kier alpha value is -1.35. The van der Waals surface area contributed by atoms with Crippen molar-refractivity contribution < 1.29 is 18.8 Å². The lowest BCUT2D eigenvalue weighted by molar-refractivity contribution is 0.0696. The van der Waals surface area contributed by atoms with E-state index < -0.39 is 19.1 Å². The molecule has 0 unspecified atom stereocenters. The highest BCUT2D eigenvalue weighted by atomic mass is 16.5. The summed E-state index contributed by atoms with van der Waals surface area (Å²) in [6.45, 7) is 1.60. The van der Waals surface area contributed by atoms with Crippen molar-refractivity contribution in [2.75, 3.05) is 7.04 Å². The quantitative estimate of drug-likeness (QED) is 0.780. The van der Waals surface area contributed by atoms with Crippen LogP contribution in [0.25, 0.3) is 0 Å². The van der Waals surface area contributed by atoms with Gasteiger partial charge < -0.3 is 9.84 Å². The van der Waals surface area contributed by atoms with Crippen LogP contribution in [0.4, 0.5) is 0 Å². The first-order valence-electron chi connectivity index (χ1n) is 5.30. The summed E-state index contributed by atoms with van der Waals surface area (Å²) in [5.74, 6) is -1.02. The van der Waals surface area contributed by atoms with E-state index >= 15 is 0 Å². The Morgan fingerprint density at radius 1 is 1.54 bits per heavy atom. The van der Waals surface area contributed by atoms with Gasteiger partial charge in [0.1, 0.15) is 0 Å². The van der Waals surface area contributed by atoms with Gasteiger partial charge in [-0.15, -0.1) is 0 Å². The Labute approximate surface area is 81.2 Å². The number of carbonyl (C=O) groups is 1. The SMILES string of the molecule is [2H]C([2H])([2H])O[C@@H](C)c1ccc(C(=O)O)cc1. The molecule has 1 rings (SSSR count). The maximum atomic E-state index is 10.6. The summed E-state index contributed by atoms with van der Waals surface area (Å²) in [6, 6.07) is 5.91. The molecule has 3 nitrogen and oxygen atoms in total. The molecule has 0 fully saturated rings. The number of hydrogen-bond donors (Lipinski definition) is 1. The van der Waals surface area contributed by atoms with E-state index in [2.05, 4.69) is 0 Å². The van der Waals surface area contributed by atoms with Gasteiger partial charge in [0.15, 0.2) is 0 Å². The molecular weight excluding hydrogens is 168 g/mol. The van der Waals surface area contributed by atoms with Crippen molar-refractivity contribution in [3.05, 3.63) is 35.4 Å². The smallest absolute Gasteiger partial charge is 0.335 e. The normalized spacial score (nSPS) is 16.8. The van der Waals surface area contributed by atoms with Crippen LogP contribution in [0.5, 0.6) is 0 Å². The Morgan fingerprint density at radius 2 is 2.15 bits per heavy atom. The van der Waals surface area contributed by atoms with Crippen molar-refractivity contribution in [3.8, 4) is 0 Å². The van der Waals surface area contributed by atoms with E-state index in [1.807, 2.05) is 0 Å². The van der Waals surface area contributed by atoms with E-state index in [0.717, 1.165) is 0 Å². The Bertz CT molecular complexity index is 370. The van der Waals surface area contributed by atoms with E-state index in [1.165, 1.54) is 12.1 Å². The van der Waals surface area contributed by atoms with E-state index in [0.29, 0.717) is 5.56 Å². The largest absolute Gasteiger partial charge is 0.478 e. The van der Waals surface area contributed by atoms with Crippen LogP contribution >= 0.6 is 0 Å². The van der Waals surface area contributed by atoms with Gasteiger partial charge in [-0.2, -0.15) is 0 Å². The first-order valence-corrected chi connectivity index (χ1v) is 3.80. The molecule has 0 saturated heterocycles. The lowest BCUT2D eigenvalue weighted by atomic mass is 10.1. The molecule has 3 heteroatoms. The zero-order chi connectivity index (χ0) is 12.3. The fraction of sp³-hybridized carbons (Fsp3) is 0.300. The molecule has 1 atom stereocenters. The summed E-state index contributed by atoms with van der Waals surface area (Å²) in [6.07, 6.45) is -0.602. The number of benzene rings is 1. The molecule has 0 bridgehead atoms. The van der Waals surface area contributed by atoms with Crippen molar-refractivity contribution in [2.45, 2.75) is 13.0 Å². The minimum Gasteiger partial charge on any atom is -0.478 e. The maximum absolute atomic E-state index is 10.6. The summed E-state index contributed by atoms with van der Waals surface area (Å²) in [4.78, 5) is 10.6. The fourth-order valence-electron chi connectivity index (χ4n) is 0.965. The van der Waals surface area contributed by atoms with Gasteiger partial charge in [0.05, 0.1) is 15.8 Å². The summed E-state index contributed by atoms with van der Waals surface area (Å²) < 4.78 is 25.6. The number of aromatic carboxylic acids is 1. The minimum absolute atomic E-state index is 0.157. The van der Waals surface area contributed by atoms with Gasteiger partial charge in [0, 0.05) is 7.04 Å². The van der Waals surface area contributed by atoms with Gasteiger partial charge in [0.25, 0.3) is 0 Å². The van der Waals surface area contributed by atoms with Gasteiger partial charge in [0.2, 0.25) is 0 Å². The van der Waals surface area contributed by atoms with E-state index in [4.69, 9.17) is 14.0 Å². The van der Waals surface area contributed by atoms with Crippen molar-refractivity contribution >= 4 is 5.97 Å². The molecule has 1 aromatic rings. The van der Waals surface area contributed by atoms with E-state index in [9.17, 15) is 4.79 Å². The van der Waals surface area contributed by atoms with Crippen LogP contribution < -0.4 is 0 Å². The topological polar surface area (TPSA) is 46.5 Å². The van der Waals surface area contributed by atoms with Gasteiger partial charge in [-0.25, -0.2) is 4.79 Å². The fourth-order valence-corrected chi connectivity index (χ4v) is 0.965. The van der Waals surface area contributed by atoms with Crippen LogP contribution in [0.3, 0.4) is 0 Å². The van der Waals surface area contributed by atoms with Crippen molar-refractivity contribution in [3.63, 3.8) is 0 Å². The van der Waals surface area contributed by atoms with E-state index in [1.54, 1.807) is 19.1 Å². The van der Waals surface area contributed by atoms with Crippen molar-refractivity contribution in [1.29, 1.82) is 0 Å². The second-order valence-corrected chi connectivity index (χ2v) is 2.69. The number of rotatable bonds is 3. The number of ether oxygens (including phenoxy) is 1. The molecular formula is C10H12O3. The second kappa shape index (κ2) is 4.05. The molecule has 0 heterocycles. The summed E-state index contributed by atoms with van der Waals surface area (Å²) in [7, 11) is -2.45. The third-order valence-electron chi connectivity index (χ3n) is 1.80. The molecule has 0 aromatic heterocycles. The monoisotopic (exact) mass is 183 g/mol. The van der Waals surface area contributed by atoms with Crippen LogP contribution in [0.15, 0.2) is 24.3 Å². The molecule has 1 aromatic carbocycles. The standard InChI is InChI=1S/C10H12O3/c1-7(13-2)8-3-5-9(6-4-8)10(11)12/h3-7H,1-2H3,(H,11,12)/t7-/m0/s1/i2D3. The summed E-state index contributed by atoms with van der Waals surface area (Å²) in [5.41, 5.74) is 0.783. The van der Waals surface area contributed by atoms with Crippen LogP contribution in [-0.2, 0) is 4.74 Å². The molecule has 0 aliphatic heterocycles. The van der Waals surface area contributed by atoms with Crippen molar-refractivity contribution in [1.82, 2.24) is 0 Å². The second-order valence-electron chi connectivity index (χ2n) is 2.69. The molecule has 13 heavy (non-hydrogen) atoms. The molecule has 0 aliphatic rings. The third kappa shape index (κ3) is 2.29. The third-order valence-corrected chi connectivity index (χ3v) is 1.80. The lowest BCUT2D eigenvalue weighted by Gasteiger charge is -2.09. The van der Waals surface area contributed by atoms with Gasteiger partial charge >= 0.3 is 5.97 Å². The highest BCUT2D eigenvalue weighted by Gasteiger charge is 2.05. The Kier molecular flexibility index (Phi) is 1.92. The van der Waals surface area contributed by atoms with Crippen LogP contribution in [0, 0.1) is 0 Å². The number of carboxylic acids is 1. The van der Waals surface area contributed by atoms with Crippen LogP contribution in [0.1, 0.15) is 33.1 Å². The summed E-state index contributed by atoms with van der Waals surface area (Å²) >= 11 is 0. The number of methoxy groups -OCH3 is 1. The highest BCUT2D eigenvalue weighted by molar-refractivity contribution is 5.87. The molecule has 0 amide bonds. The Balaban J connectivity index is 2.78. The van der Waals surface area contributed by atoms with Gasteiger partial charge in [-0.05, 0) is 24.6 Å². The van der Waals surface area contributed by atoms with Crippen LogP contribution in [-0.4, -0.2) is 18.1 Å². The zero-order valence-corrected chi connectivity index (χ0v) is 7.15. The van der Waals surface area contributed by atoms with Gasteiger partial charge in [-0.1, -0.05) is 12.1 Å². The molecule has 0 aliphatic carbocycles. The Morgan fingerprint density at radius 3 is 2.62 bits per heavy atom. The average Bonchev–Trinajstić information content (AvgIpc) is 2.15. The average molecular weight is 183 g/mol. The first kappa shape index (κ1) is 6.16. The molecule has 70 valence electrons. The number of carboxylic acid groups (broad SMARTS) is 1. The number of hydrogen-bond acceptors (Lipinski definition) is 2. The summed E-state index contributed by atoms with van der Waals surface area (Å²) in [5, 5.41) is 8.68. The first-order chi connectivity index (χ1) is 7.29. The molecule has 0 saturated carbocycles. The van der Waals surface area contributed by atoms with Crippen LogP contribution in [0.2, 0.25) is 0 Å². The van der Waals surface area contributed by atoms with Crippen molar-refractivity contribution in [2.24, 2.45) is 0 Å². The predicted molar refractivity (Wildman–Crippen MR) is 48.8 cm³/mol. The minimum atomic E-state index is -2.45. The highest BCUT2D eigenvalue weighted by Crippen LogP contribution is 2.15. The lowest BCUT2D eigenvalue weighted by Crippen LogP contribution is -1.99. The maximum Gasteiger partial charge on any atom is 0.335 e.